The topological polar surface area (TPSA) is 45.8 Å². The third-order valence-electron chi connectivity index (χ3n) is 6.15. The Bertz CT molecular complexity index is 867. The fourth-order valence-corrected chi connectivity index (χ4v) is 5.68. The van der Waals surface area contributed by atoms with E-state index in [4.69, 9.17) is 4.98 Å². The van der Waals surface area contributed by atoms with Crippen LogP contribution in [0, 0.1) is 5.92 Å². The highest BCUT2D eigenvalue weighted by Crippen LogP contribution is 2.48. The summed E-state index contributed by atoms with van der Waals surface area (Å²) in [7, 11) is 0. The largest absolute Gasteiger partial charge is 0.301 e. The summed E-state index contributed by atoms with van der Waals surface area (Å²) in [6.45, 7) is 6.57. The molecule has 138 valence electrons. The van der Waals surface area contributed by atoms with E-state index in [1.54, 1.807) is 11.8 Å². The van der Waals surface area contributed by atoms with Crippen molar-refractivity contribution in [2.45, 2.75) is 75.1 Å². The second kappa shape index (κ2) is 6.88. The minimum Gasteiger partial charge on any atom is -0.301 e. The molecule has 1 atom stereocenters. The zero-order valence-electron chi connectivity index (χ0n) is 16.0. The first kappa shape index (κ1) is 17.8. The molecule has 4 rings (SSSR count). The van der Waals surface area contributed by atoms with E-state index < -0.39 is 0 Å². The number of hydrogen-bond acceptors (Lipinski definition) is 3. The van der Waals surface area contributed by atoms with Crippen LogP contribution in [0.2, 0.25) is 0 Å². The molecule has 0 radical (unpaired) electrons. The van der Waals surface area contributed by atoms with Crippen LogP contribution in [0.4, 0.5) is 0 Å². The molecule has 1 aromatic heterocycles. The van der Waals surface area contributed by atoms with Gasteiger partial charge in [-0.1, -0.05) is 76.1 Å². The second-order valence-corrected chi connectivity index (χ2v) is 9.91. The number of hydrogen-bond donors (Lipinski definition) is 1. The number of nitrogens with zero attached hydrogens (tertiary/aromatic N) is 1. The summed E-state index contributed by atoms with van der Waals surface area (Å²) in [5.41, 5.74) is 4.29. The second-order valence-electron chi connectivity index (χ2n) is 8.35. The van der Waals surface area contributed by atoms with Crippen LogP contribution in [0.5, 0.6) is 0 Å². The number of nitrogens with one attached hydrogen (secondary N) is 1. The van der Waals surface area contributed by atoms with E-state index in [2.05, 4.69) is 50.0 Å². The molecule has 2 aliphatic carbocycles. The molecular weight excluding hydrogens is 340 g/mol. The molecule has 0 aliphatic heterocycles. The fraction of sp³-hybridized carbons (Fsp3) is 0.545. The van der Waals surface area contributed by atoms with Crippen molar-refractivity contribution in [3.05, 3.63) is 45.7 Å². The Morgan fingerprint density at radius 2 is 1.92 bits per heavy atom. The van der Waals surface area contributed by atoms with Crippen LogP contribution >= 0.6 is 11.8 Å². The Labute approximate surface area is 160 Å². The van der Waals surface area contributed by atoms with Gasteiger partial charge in [-0.25, -0.2) is 4.98 Å². The van der Waals surface area contributed by atoms with E-state index >= 15 is 0 Å². The number of H-pyrrole nitrogens is 1. The highest BCUT2D eigenvalue weighted by molar-refractivity contribution is 7.99. The van der Waals surface area contributed by atoms with Crippen molar-refractivity contribution >= 4 is 11.8 Å². The van der Waals surface area contributed by atoms with E-state index in [-0.39, 0.29) is 11.0 Å². The lowest BCUT2D eigenvalue weighted by Gasteiger charge is -2.43. The Morgan fingerprint density at radius 3 is 2.65 bits per heavy atom. The summed E-state index contributed by atoms with van der Waals surface area (Å²) in [4.78, 5) is 21.3. The zero-order chi connectivity index (χ0) is 18.3. The maximum atomic E-state index is 13.2. The van der Waals surface area contributed by atoms with Gasteiger partial charge >= 0.3 is 0 Å². The van der Waals surface area contributed by atoms with Gasteiger partial charge in [-0.3, -0.25) is 4.79 Å². The van der Waals surface area contributed by atoms with Crippen molar-refractivity contribution in [3.8, 4) is 11.3 Å². The molecule has 3 nitrogen and oxygen atoms in total. The molecule has 0 spiro atoms. The standard InChI is InChI=1S/C22H28N2OS/c1-14(2)26-21-23-19-17-12-8-7-9-15(17)13-22(3,18(19)20(25)24-21)16-10-5-4-6-11-16/h7-9,12,14,16H,4-6,10-11,13H2,1-3H3,(H,23,24,25)/t22-/m1/s1. The van der Waals surface area contributed by atoms with Gasteiger partial charge in [0, 0.05) is 16.2 Å². The van der Waals surface area contributed by atoms with Gasteiger partial charge in [-0.05, 0) is 30.7 Å². The highest BCUT2D eigenvalue weighted by atomic mass is 32.2. The lowest BCUT2D eigenvalue weighted by atomic mass is 9.60. The van der Waals surface area contributed by atoms with Gasteiger partial charge in [0.15, 0.2) is 5.16 Å². The van der Waals surface area contributed by atoms with Crippen LogP contribution in [0.25, 0.3) is 11.3 Å². The van der Waals surface area contributed by atoms with Crippen LogP contribution in [-0.2, 0) is 11.8 Å². The molecule has 1 N–H and O–H groups in total. The van der Waals surface area contributed by atoms with E-state index in [1.807, 2.05) is 0 Å². The maximum Gasteiger partial charge on any atom is 0.255 e. The predicted molar refractivity (Wildman–Crippen MR) is 109 cm³/mol. The molecule has 1 aromatic carbocycles. The van der Waals surface area contributed by atoms with Crippen molar-refractivity contribution in [1.82, 2.24) is 9.97 Å². The molecule has 4 heteroatoms. The molecule has 2 aliphatic rings. The van der Waals surface area contributed by atoms with E-state index in [0.717, 1.165) is 28.4 Å². The third-order valence-corrected chi connectivity index (χ3v) is 7.04. The summed E-state index contributed by atoms with van der Waals surface area (Å²) < 4.78 is 0. The van der Waals surface area contributed by atoms with Crippen LogP contribution in [0.3, 0.4) is 0 Å². The van der Waals surface area contributed by atoms with Gasteiger partial charge in [-0.2, -0.15) is 0 Å². The van der Waals surface area contributed by atoms with Crippen LogP contribution in [-0.4, -0.2) is 15.2 Å². The highest BCUT2D eigenvalue weighted by Gasteiger charge is 2.44. The average molecular weight is 369 g/mol. The van der Waals surface area contributed by atoms with Crippen molar-refractivity contribution in [1.29, 1.82) is 0 Å². The molecule has 2 aromatic rings. The Morgan fingerprint density at radius 1 is 1.19 bits per heavy atom. The van der Waals surface area contributed by atoms with Gasteiger partial charge < -0.3 is 4.98 Å². The molecular formula is C22H28N2OS. The summed E-state index contributed by atoms with van der Waals surface area (Å²) >= 11 is 1.63. The smallest absolute Gasteiger partial charge is 0.255 e. The molecule has 1 heterocycles. The maximum absolute atomic E-state index is 13.2. The van der Waals surface area contributed by atoms with Crippen LogP contribution in [0.15, 0.2) is 34.2 Å². The number of aromatic nitrogens is 2. The minimum atomic E-state index is -0.119. The quantitative estimate of drug-likeness (QED) is 0.588. The normalized spacial score (nSPS) is 22.9. The van der Waals surface area contributed by atoms with Crippen LogP contribution in [0.1, 0.15) is 64.0 Å². The Hall–Kier alpha value is -1.55. The number of rotatable bonds is 3. The summed E-state index contributed by atoms with van der Waals surface area (Å²) in [6.07, 6.45) is 7.28. The molecule has 0 saturated heterocycles. The third kappa shape index (κ3) is 3.02. The van der Waals surface area contributed by atoms with Gasteiger partial charge in [0.05, 0.1) is 11.3 Å². The SMILES string of the molecule is CC(C)Sc1nc2c(c(=O)[nH]1)[C@@](C)(C1CCCCC1)Cc1ccccc1-2. The van der Waals surface area contributed by atoms with Gasteiger partial charge in [0.25, 0.3) is 5.56 Å². The minimum absolute atomic E-state index is 0.0701. The average Bonchev–Trinajstić information content (AvgIpc) is 2.61. The first-order chi connectivity index (χ1) is 12.5. The molecule has 26 heavy (non-hydrogen) atoms. The van der Waals surface area contributed by atoms with E-state index in [9.17, 15) is 4.79 Å². The van der Waals surface area contributed by atoms with Crippen molar-refractivity contribution in [3.63, 3.8) is 0 Å². The first-order valence-corrected chi connectivity index (χ1v) is 10.8. The number of aromatic amines is 1. The fourth-order valence-electron chi connectivity index (χ4n) is 4.93. The van der Waals surface area contributed by atoms with Gasteiger partial charge in [-0.15, -0.1) is 0 Å². The molecule has 1 fully saturated rings. The molecule has 1 saturated carbocycles. The Balaban J connectivity index is 1.91. The lowest BCUT2D eigenvalue weighted by molar-refractivity contribution is 0.213. The van der Waals surface area contributed by atoms with E-state index in [1.165, 1.54) is 37.7 Å². The van der Waals surface area contributed by atoms with Gasteiger partial charge in [0.1, 0.15) is 0 Å². The van der Waals surface area contributed by atoms with Crippen molar-refractivity contribution in [2.75, 3.05) is 0 Å². The first-order valence-electron chi connectivity index (χ1n) is 9.89. The van der Waals surface area contributed by atoms with Crippen molar-refractivity contribution in [2.24, 2.45) is 5.92 Å². The summed E-state index contributed by atoms with van der Waals surface area (Å²) in [5, 5.41) is 1.13. The number of fused-ring (bicyclic) bond motifs is 3. The van der Waals surface area contributed by atoms with Crippen molar-refractivity contribution < 1.29 is 0 Å². The molecule has 0 unspecified atom stereocenters. The summed E-state index contributed by atoms with van der Waals surface area (Å²) in [6, 6.07) is 8.52. The lowest BCUT2D eigenvalue weighted by Crippen LogP contribution is -2.43. The van der Waals surface area contributed by atoms with E-state index in [0.29, 0.717) is 11.2 Å². The molecule has 0 bridgehead atoms. The van der Waals surface area contributed by atoms with Gasteiger partial charge in [0.2, 0.25) is 0 Å². The Kier molecular flexibility index (Phi) is 4.72. The van der Waals surface area contributed by atoms with Crippen LogP contribution < -0.4 is 5.56 Å². The zero-order valence-corrected chi connectivity index (χ0v) is 16.8. The monoisotopic (exact) mass is 368 g/mol. The summed E-state index contributed by atoms with van der Waals surface area (Å²) in [5.74, 6) is 0.565. The molecule has 0 amide bonds. The number of thioether (sulfide) groups is 1. The predicted octanol–water partition coefficient (Wildman–Crippen LogP) is 5.33. The number of benzene rings is 1.